The van der Waals surface area contributed by atoms with Gasteiger partial charge in [-0.15, -0.1) is 0 Å². The Morgan fingerprint density at radius 2 is 2.00 bits per heavy atom. The molecule has 0 bridgehead atoms. The van der Waals surface area contributed by atoms with Gasteiger partial charge in [-0.2, -0.15) is 0 Å². The summed E-state index contributed by atoms with van der Waals surface area (Å²) in [6.45, 7) is 3.88. The van der Waals surface area contributed by atoms with Crippen molar-refractivity contribution in [1.82, 2.24) is 9.97 Å². The second kappa shape index (κ2) is 5.80. The average Bonchev–Trinajstić information content (AvgIpc) is 2.39. The Morgan fingerprint density at radius 3 is 2.63 bits per heavy atom. The molecule has 4 heteroatoms. The molecule has 1 aromatic carbocycles. The Bertz CT molecular complexity index is 553. The minimum absolute atomic E-state index is 0.461. The van der Waals surface area contributed by atoms with Crippen molar-refractivity contribution in [2.24, 2.45) is 0 Å². The average molecular weight is 258 g/mol. The molecule has 1 aromatic heterocycles. The van der Waals surface area contributed by atoms with E-state index in [1.54, 1.807) is 19.5 Å². The molecule has 1 unspecified atom stereocenters. The summed E-state index contributed by atoms with van der Waals surface area (Å²) in [7, 11) is 1.63. The summed E-state index contributed by atoms with van der Waals surface area (Å²) in [5.74, 6) is 0.782. The molecule has 0 fully saturated rings. The third-order valence-electron chi connectivity index (χ3n) is 2.99. The number of aliphatic hydroxyl groups is 1. The van der Waals surface area contributed by atoms with Crippen molar-refractivity contribution in [3.8, 4) is 5.75 Å². The van der Waals surface area contributed by atoms with E-state index >= 15 is 0 Å². The van der Waals surface area contributed by atoms with Gasteiger partial charge in [0.15, 0.2) is 0 Å². The van der Waals surface area contributed by atoms with Crippen LogP contribution in [0.25, 0.3) is 0 Å². The van der Waals surface area contributed by atoms with Crippen LogP contribution < -0.4 is 4.74 Å². The standard InChI is InChI=1S/C15H18N2O2/c1-10-4-5-15(19-3)12(6-10)7-14(18)13-9-16-11(2)8-17-13/h4-6,8-9,14,18H,7H2,1-3H3. The van der Waals surface area contributed by atoms with E-state index in [0.29, 0.717) is 12.1 Å². The molecule has 0 amide bonds. The van der Waals surface area contributed by atoms with E-state index in [1.165, 1.54) is 0 Å². The lowest BCUT2D eigenvalue weighted by molar-refractivity contribution is 0.172. The monoisotopic (exact) mass is 258 g/mol. The number of methoxy groups -OCH3 is 1. The largest absolute Gasteiger partial charge is 0.496 e. The van der Waals surface area contributed by atoms with Gasteiger partial charge < -0.3 is 9.84 Å². The van der Waals surface area contributed by atoms with E-state index in [0.717, 1.165) is 22.6 Å². The van der Waals surface area contributed by atoms with Gasteiger partial charge in [0.1, 0.15) is 11.9 Å². The number of hydrogen-bond acceptors (Lipinski definition) is 4. The summed E-state index contributed by atoms with van der Waals surface area (Å²) >= 11 is 0. The van der Waals surface area contributed by atoms with E-state index in [9.17, 15) is 5.11 Å². The highest BCUT2D eigenvalue weighted by atomic mass is 16.5. The lowest BCUT2D eigenvalue weighted by Crippen LogP contribution is -2.06. The van der Waals surface area contributed by atoms with Crippen LogP contribution in [0.5, 0.6) is 5.75 Å². The van der Waals surface area contributed by atoms with Gasteiger partial charge in [-0.25, -0.2) is 0 Å². The quantitative estimate of drug-likeness (QED) is 0.914. The zero-order valence-electron chi connectivity index (χ0n) is 11.4. The number of nitrogens with zero attached hydrogens (tertiary/aromatic N) is 2. The Balaban J connectivity index is 2.20. The highest BCUT2D eigenvalue weighted by Crippen LogP contribution is 2.25. The number of ether oxygens (including phenoxy) is 1. The third kappa shape index (κ3) is 3.29. The summed E-state index contributed by atoms with van der Waals surface area (Å²) in [4.78, 5) is 8.35. The molecular weight excluding hydrogens is 240 g/mol. The molecule has 4 nitrogen and oxygen atoms in total. The minimum Gasteiger partial charge on any atom is -0.496 e. The maximum Gasteiger partial charge on any atom is 0.122 e. The predicted octanol–water partition coefficient (Wildman–Crippen LogP) is 2.38. The fraction of sp³-hybridized carbons (Fsp3) is 0.333. The van der Waals surface area contributed by atoms with Gasteiger partial charge in [0.05, 0.1) is 24.7 Å². The molecule has 1 N–H and O–H groups in total. The molecule has 0 saturated heterocycles. The lowest BCUT2D eigenvalue weighted by Gasteiger charge is -2.13. The first-order valence-electron chi connectivity index (χ1n) is 6.20. The zero-order chi connectivity index (χ0) is 13.8. The van der Waals surface area contributed by atoms with Crippen LogP contribution in [0.2, 0.25) is 0 Å². The number of benzene rings is 1. The third-order valence-corrected chi connectivity index (χ3v) is 2.99. The molecule has 1 heterocycles. The molecule has 0 aliphatic rings. The van der Waals surface area contributed by atoms with Crippen molar-refractivity contribution in [3.05, 3.63) is 53.1 Å². The van der Waals surface area contributed by atoms with E-state index in [4.69, 9.17) is 4.74 Å². The molecular formula is C15H18N2O2. The lowest BCUT2D eigenvalue weighted by atomic mass is 10.0. The van der Waals surface area contributed by atoms with Gasteiger partial charge in [-0.05, 0) is 25.5 Å². The topological polar surface area (TPSA) is 55.2 Å². The van der Waals surface area contributed by atoms with Crippen molar-refractivity contribution in [2.75, 3.05) is 7.11 Å². The minimum atomic E-state index is -0.677. The smallest absolute Gasteiger partial charge is 0.122 e. The normalized spacial score (nSPS) is 12.2. The molecule has 100 valence electrons. The van der Waals surface area contributed by atoms with E-state index < -0.39 is 6.10 Å². The molecule has 0 aliphatic heterocycles. The highest BCUT2D eigenvalue weighted by molar-refractivity contribution is 5.37. The highest BCUT2D eigenvalue weighted by Gasteiger charge is 2.13. The molecule has 0 radical (unpaired) electrons. The van der Waals surface area contributed by atoms with Crippen molar-refractivity contribution >= 4 is 0 Å². The number of aromatic nitrogens is 2. The zero-order valence-corrected chi connectivity index (χ0v) is 11.4. The van der Waals surface area contributed by atoms with E-state index in [-0.39, 0.29) is 0 Å². The summed E-state index contributed by atoms with van der Waals surface area (Å²) in [6.07, 6.45) is 3.06. The van der Waals surface area contributed by atoms with Crippen LogP contribution in [-0.2, 0) is 6.42 Å². The summed E-state index contributed by atoms with van der Waals surface area (Å²) in [5, 5.41) is 10.2. The van der Waals surface area contributed by atoms with Gasteiger partial charge in [-0.3, -0.25) is 9.97 Å². The second-order valence-corrected chi connectivity index (χ2v) is 4.62. The molecule has 0 saturated carbocycles. The van der Waals surface area contributed by atoms with Gasteiger partial charge in [0.25, 0.3) is 0 Å². The molecule has 19 heavy (non-hydrogen) atoms. The first kappa shape index (κ1) is 13.5. The number of aryl methyl sites for hydroxylation is 2. The van der Waals surface area contributed by atoms with Crippen molar-refractivity contribution in [2.45, 2.75) is 26.4 Å². The summed E-state index contributed by atoms with van der Waals surface area (Å²) in [5.41, 5.74) is 3.52. The Morgan fingerprint density at radius 1 is 1.21 bits per heavy atom. The van der Waals surface area contributed by atoms with Gasteiger partial charge in [0.2, 0.25) is 0 Å². The van der Waals surface area contributed by atoms with E-state index in [1.807, 2.05) is 32.0 Å². The molecule has 1 atom stereocenters. The molecule has 0 aliphatic carbocycles. The van der Waals surface area contributed by atoms with Crippen LogP contribution in [0.15, 0.2) is 30.6 Å². The van der Waals surface area contributed by atoms with E-state index in [2.05, 4.69) is 9.97 Å². The first-order valence-corrected chi connectivity index (χ1v) is 6.20. The maximum atomic E-state index is 10.2. The molecule has 2 aromatic rings. The van der Waals surface area contributed by atoms with Gasteiger partial charge in [-0.1, -0.05) is 17.7 Å². The van der Waals surface area contributed by atoms with Crippen molar-refractivity contribution in [3.63, 3.8) is 0 Å². The number of aliphatic hydroxyl groups excluding tert-OH is 1. The SMILES string of the molecule is COc1ccc(C)cc1CC(O)c1cnc(C)cn1. The Labute approximate surface area is 113 Å². The summed E-state index contributed by atoms with van der Waals surface area (Å²) in [6, 6.07) is 5.92. The van der Waals surface area contributed by atoms with Gasteiger partial charge in [0, 0.05) is 12.6 Å². The van der Waals surface area contributed by atoms with Crippen molar-refractivity contribution < 1.29 is 9.84 Å². The van der Waals surface area contributed by atoms with Crippen LogP contribution in [-0.4, -0.2) is 22.2 Å². The van der Waals surface area contributed by atoms with Crippen LogP contribution in [0.3, 0.4) is 0 Å². The fourth-order valence-electron chi connectivity index (χ4n) is 1.95. The molecule has 2 rings (SSSR count). The summed E-state index contributed by atoms with van der Waals surface area (Å²) < 4.78 is 5.31. The maximum absolute atomic E-state index is 10.2. The number of hydrogen-bond donors (Lipinski definition) is 1. The first-order chi connectivity index (χ1) is 9.10. The molecule has 0 spiro atoms. The fourth-order valence-corrected chi connectivity index (χ4v) is 1.95. The Kier molecular flexibility index (Phi) is 4.12. The predicted molar refractivity (Wildman–Crippen MR) is 73.2 cm³/mol. The van der Waals surface area contributed by atoms with Crippen LogP contribution in [0, 0.1) is 13.8 Å². The van der Waals surface area contributed by atoms with Gasteiger partial charge >= 0.3 is 0 Å². The van der Waals surface area contributed by atoms with Crippen molar-refractivity contribution in [1.29, 1.82) is 0 Å². The Hall–Kier alpha value is -1.94. The van der Waals surface area contributed by atoms with Crippen LogP contribution in [0.4, 0.5) is 0 Å². The van der Waals surface area contributed by atoms with Crippen LogP contribution in [0.1, 0.15) is 28.6 Å². The second-order valence-electron chi connectivity index (χ2n) is 4.62. The van der Waals surface area contributed by atoms with Crippen LogP contribution >= 0.6 is 0 Å². The number of rotatable bonds is 4.